The molecule has 0 spiro atoms. The van der Waals surface area contributed by atoms with Gasteiger partial charge in [0, 0.05) is 0 Å². The largest absolute Gasteiger partial charge is 0.455 e. The Bertz CT molecular complexity index is 163. The molecule has 0 saturated carbocycles. The minimum absolute atomic E-state index is 0.194. The van der Waals surface area contributed by atoms with Gasteiger partial charge in [-0.15, -0.1) is 0 Å². The van der Waals surface area contributed by atoms with Crippen LogP contribution in [0, 0.1) is 0 Å². The van der Waals surface area contributed by atoms with Crippen molar-refractivity contribution in [3.63, 3.8) is 0 Å². The molecule has 5 heteroatoms. The summed E-state index contributed by atoms with van der Waals surface area (Å²) < 4.78 is 33.2. The zero-order valence-electron chi connectivity index (χ0n) is 4.03. The molecule has 0 aliphatic rings. The first-order valence-electron chi connectivity index (χ1n) is 1.80. The van der Waals surface area contributed by atoms with Crippen LogP contribution in [0.15, 0.2) is 6.08 Å². The number of rotatable bonds is 1. The fourth-order valence-electron chi connectivity index (χ4n) is 0.135. The van der Waals surface area contributed by atoms with E-state index in [1.807, 2.05) is 0 Å². The molecule has 0 aromatic rings. The van der Waals surface area contributed by atoms with Gasteiger partial charge in [0.15, 0.2) is 0 Å². The van der Waals surface area contributed by atoms with Crippen molar-refractivity contribution >= 4 is 11.7 Å². The molecule has 0 bridgehead atoms. The second-order valence-electron chi connectivity index (χ2n) is 1.12. The SMILES string of the molecule is O=C=CC(=O)C(F)(F)F. The highest BCUT2D eigenvalue weighted by Gasteiger charge is 2.36. The van der Waals surface area contributed by atoms with Crippen LogP contribution in [0.2, 0.25) is 0 Å². The summed E-state index contributed by atoms with van der Waals surface area (Å²) >= 11 is 0. The summed E-state index contributed by atoms with van der Waals surface area (Å²) in [5.74, 6) is -1.45. The van der Waals surface area contributed by atoms with Gasteiger partial charge in [0.25, 0.3) is 5.78 Å². The maximum absolute atomic E-state index is 11.1. The number of hydrogen-bond donors (Lipinski definition) is 0. The van der Waals surface area contributed by atoms with Crippen molar-refractivity contribution in [1.29, 1.82) is 0 Å². The lowest BCUT2D eigenvalue weighted by molar-refractivity contribution is -0.165. The number of hydrogen-bond acceptors (Lipinski definition) is 2. The molecule has 0 rings (SSSR count). The number of ketones is 1. The van der Waals surface area contributed by atoms with Crippen LogP contribution in [0.3, 0.4) is 0 Å². The molecule has 0 atom stereocenters. The van der Waals surface area contributed by atoms with Gasteiger partial charge in [0.1, 0.15) is 5.94 Å². The van der Waals surface area contributed by atoms with E-state index >= 15 is 0 Å². The summed E-state index contributed by atoms with van der Waals surface area (Å²) in [6.07, 6.45) is -5.14. The lowest BCUT2D eigenvalue weighted by Crippen LogP contribution is -2.19. The van der Waals surface area contributed by atoms with Crippen LogP contribution in [0.4, 0.5) is 13.2 Å². The third-order valence-corrected chi connectivity index (χ3v) is 0.469. The van der Waals surface area contributed by atoms with Gasteiger partial charge in [0.2, 0.25) is 0 Å². The second-order valence-corrected chi connectivity index (χ2v) is 1.12. The summed E-state index contributed by atoms with van der Waals surface area (Å²) in [5.41, 5.74) is 0. The van der Waals surface area contributed by atoms with E-state index in [9.17, 15) is 18.0 Å². The molecule has 0 amide bonds. The van der Waals surface area contributed by atoms with Gasteiger partial charge in [-0.2, -0.15) is 13.2 Å². The molecule has 0 heterocycles. The molecule has 0 radical (unpaired) electrons. The minimum Gasteiger partial charge on any atom is -0.284 e. The van der Waals surface area contributed by atoms with Gasteiger partial charge < -0.3 is 0 Å². The van der Waals surface area contributed by atoms with Crippen molar-refractivity contribution in [2.45, 2.75) is 6.18 Å². The minimum atomic E-state index is -4.95. The van der Waals surface area contributed by atoms with Gasteiger partial charge in [-0.05, 0) is 0 Å². The highest BCUT2D eigenvalue weighted by molar-refractivity contribution is 5.99. The van der Waals surface area contributed by atoms with Gasteiger partial charge in [0.05, 0.1) is 6.08 Å². The molecule has 0 fully saturated rings. The van der Waals surface area contributed by atoms with Crippen LogP contribution in [-0.2, 0) is 9.59 Å². The number of alkyl halides is 3. The van der Waals surface area contributed by atoms with E-state index < -0.39 is 12.0 Å². The zero-order valence-corrected chi connectivity index (χ0v) is 4.03. The van der Waals surface area contributed by atoms with E-state index in [1.54, 1.807) is 0 Å². The summed E-state index contributed by atoms with van der Waals surface area (Å²) in [6, 6.07) is 0. The quantitative estimate of drug-likeness (QED) is 0.390. The topological polar surface area (TPSA) is 34.1 Å². The number of allylic oxidation sites excluding steroid dienone is 1. The van der Waals surface area contributed by atoms with E-state index in [0.29, 0.717) is 0 Å². The molecule has 9 heavy (non-hydrogen) atoms. The van der Waals surface area contributed by atoms with Gasteiger partial charge in [-0.1, -0.05) is 0 Å². The normalized spacial score (nSPS) is 10.1. The van der Waals surface area contributed by atoms with E-state index in [0.717, 1.165) is 5.94 Å². The van der Waals surface area contributed by atoms with Crippen LogP contribution in [-0.4, -0.2) is 17.9 Å². The molecule has 0 N–H and O–H groups in total. The fourth-order valence-corrected chi connectivity index (χ4v) is 0.135. The standard InChI is InChI=1S/C4HF3O2/c5-4(6,7)3(9)1-2-8/h1H. The predicted molar refractivity (Wildman–Crippen MR) is 21.3 cm³/mol. The summed E-state index contributed by atoms with van der Waals surface area (Å²) in [4.78, 5) is 18.8. The van der Waals surface area contributed by atoms with Crippen LogP contribution < -0.4 is 0 Å². The highest BCUT2D eigenvalue weighted by Crippen LogP contribution is 2.15. The second kappa shape index (κ2) is 2.46. The Kier molecular flexibility index (Phi) is 2.16. The summed E-state index contributed by atoms with van der Waals surface area (Å²) in [6.45, 7) is 0. The molecule has 0 unspecified atom stereocenters. The van der Waals surface area contributed by atoms with Crippen molar-refractivity contribution in [2.75, 3.05) is 0 Å². The Hall–Kier alpha value is -1.09. The van der Waals surface area contributed by atoms with Crippen LogP contribution >= 0.6 is 0 Å². The Labute approximate surface area is 48.0 Å². The smallest absolute Gasteiger partial charge is 0.284 e. The number of halogens is 3. The third-order valence-electron chi connectivity index (χ3n) is 0.469. The van der Waals surface area contributed by atoms with E-state index in [4.69, 9.17) is 4.79 Å². The first-order chi connectivity index (χ1) is 3.98. The molecular weight excluding hydrogens is 137 g/mol. The average molecular weight is 138 g/mol. The molecular formula is C4HF3O2. The molecule has 50 valence electrons. The lowest BCUT2D eigenvalue weighted by atomic mass is 10.4. The Balaban J connectivity index is 4.22. The molecule has 0 aromatic heterocycles. The summed E-state index contributed by atoms with van der Waals surface area (Å²) in [7, 11) is 0. The molecule has 0 aliphatic heterocycles. The molecule has 0 aromatic carbocycles. The lowest BCUT2D eigenvalue weighted by Gasteiger charge is -1.95. The van der Waals surface area contributed by atoms with Crippen molar-refractivity contribution < 1.29 is 22.8 Å². The molecule has 2 nitrogen and oxygen atoms in total. The Morgan fingerprint density at radius 3 is 2.00 bits per heavy atom. The zero-order chi connectivity index (χ0) is 7.49. The Morgan fingerprint density at radius 1 is 1.44 bits per heavy atom. The van der Waals surface area contributed by atoms with Crippen LogP contribution in [0.1, 0.15) is 0 Å². The predicted octanol–water partition coefficient (Wildman–Crippen LogP) is 0.506. The first-order valence-corrected chi connectivity index (χ1v) is 1.80. The van der Waals surface area contributed by atoms with Crippen molar-refractivity contribution in [3.05, 3.63) is 6.08 Å². The number of carbonyl (C=O) groups excluding carboxylic acids is 2. The van der Waals surface area contributed by atoms with E-state index in [2.05, 4.69) is 0 Å². The van der Waals surface area contributed by atoms with Crippen molar-refractivity contribution in [1.82, 2.24) is 0 Å². The van der Waals surface area contributed by atoms with Gasteiger partial charge in [-0.3, -0.25) is 4.79 Å². The number of carbonyl (C=O) groups is 1. The molecule has 0 aliphatic carbocycles. The van der Waals surface area contributed by atoms with Gasteiger partial charge >= 0.3 is 6.18 Å². The van der Waals surface area contributed by atoms with E-state index in [-0.39, 0.29) is 6.08 Å². The fraction of sp³-hybridized carbons (Fsp3) is 0.250. The van der Waals surface area contributed by atoms with E-state index in [1.165, 1.54) is 0 Å². The maximum atomic E-state index is 11.1. The van der Waals surface area contributed by atoms with Crippen LogP contribution in [0.25, 0.3) is 0 Å². The Morgan fingerprint density at radius 2 is 1.89 bits per heavy atom. The monoisotopic (exact) mass is 138 g/mol. The van der Waals surface area contributed by atoms with Crippen LogP contribution in [0.5, 0.6) is 0 Å². The van der Waals surface area contributed by atoms with Crippen molar-refractivity contribution in [2.24, 2.45) is 0 Å². The van der Waals surface area contributed by atoms with Gasteiger partial charge in [-0.25, -0.2) is 4.79 Å². The maximum Gasteiger partial charge on any atom is 0.455 e. The van der Waals surface area contributed by atoms with Crippen molar-refractivity contribution in [3.8, 4) is 0 Å². The first kappa shape index (κ1) is 7.91. The third kappa shape index (κ3) is 2.66. The summed E-state index contributed by atoms with van der Waals surface area (Å²) in [5, 5.41) is 0. The molecule has 0 saturated heterocycles. The average Bonchev–Trinajstić information content (AvgIpc) is 1.64. The highest BCUT2D eigenvalue weighted by atomic mass is 19.4.